The number of hydrogen-bond donors (Lipinski definition) is 2. The number of aliphatic carboxylic acids is 1. The van der Waals surface area contributed by atoms with Crippen molar-refractivity contribution in [3.05, 3.63) is 59.8 Å². The molecule has 0 radical (unpaired) electrons. The summed E-state index contributed by atoms with van der Waals surface area (Å²) in [4.78, 5) is 19.7. The van der Waals surface area contributed by atoms with Gasteiger partial charge in [-0.2, -0.15) is 0 Å². The molecule has 0 amide bonds. The van der Waals surface area contributed by atoms with Crippen molar-refractivity contribution in [3.8, 4) is 5.88 Å². The van der Waals surface area contributed by atoms with Crippen molar-refractivity contribution in [1.29, 1.82) is 0 Å². The number of pyridine rings is 1. The van der Waals surface area contributed by atoms with Crippen LogP contribution in [0.25, 0.3) is 0 Å². The quantitative estimate of drug-likeness (QED) is 0.219. The number of nitrogens with one attached hydrogen (secondary N) is 1. The molecule has 6 heteroatoms. The first-order valence-corrected chi connectivity index (χ1v) is 23.0. The highest BCUT2D eigenvalue weighted by atomic mass is 16.5. The van der Waals surface area contributed by atoms with Gasteiger partial charge in [-0.15, -0.1) is 0 Å². The summed E-state index contributed by atoms with van der Waals surface area (Å²) in [5, 5.41) is 14.8. The van der Waals surface area contributed by atoms with Crippen LogP contribution < -0.4 is 10.1 Å². The molecule has 0 spiro atoms. The predicted octanol–water partition coefficient (Wildman–Crippen LogP) is 11.1. The Kier molecular flexibility index (Phi) is 10.8. The molecule has 2 heterocycles. The van der Waals surface area contributed by atoms with Crippen LogP contribution in [0.5, 0.6) is 5.88 Å². The van der Waals surface area contributed by atoms with Gasteiger partial charge in [0.25, 0.3) is 0 Å². The minimum Gasteiger partial charge on any atom is -0.481 e. The van der Waals surface area contributed by atoms with Gasteiger partial charge >= 0.3 is 5.97 Å². The standard InChI is InChI=1S/C50H75N3O3/c1-35(2)37-18-25-50(52-30-33-53-31-11-8-12-32-53)27-26-47(6)39(43(37)50)14-15-41-46(5)21-19-38(45(3,4)40(46)20-22-48(41,47)7)36-16-23-49(24-17-36,44(54)55)28-34-56-42-13-9-10-29-51-42/h9-10,13,16,19,29,37,39-41,43,52H,1,8,11-12,14-15,17-18,20-28,30-34H2,2-7H3,(H,54,55)/t37-,39+,40-,41+,43+,46-,47+,48+,49?,50-/m0/s1. The van der Waals surface area contributed by atoms with E-state index >= 15 is 0 Å². The van der Waals surface area contributed by atoms with Crippen LogP contribution in [-0.2, 0) is 4.79 Å². The highest BCUT2D eigenvalue weighted by Gasteiger charge is 2.70. The molecule has 0 bridgehead atoms. The molecule has 8 rings (SSSR count). The normalized spacial score (nSPS) is 41.9. The summed E-state index contributed by atoms with van der Waals surface area (Å²) in [6.45, 7) is 25.6. The van der Waals surface area contributed by atoms with E-state index < -0.39 is 11.4 Å². The van der Waals surface area contributed by atoms with Gasteiger partial charge < -0.3 is 20.1 Å². The summed E-state index contributed by atoms with van der Waals surface area (Å²) < 4.78 is 5.88. The van der Waals surface area contributed by atoms with E-state index in [1.54, 1.807) is 6.20 Å². The predicted molar refractivity (Wildman–Crippen MR) is 227 cm³/mol. The van der Waals surface area contributed by atoms with Crippen LogP contribution in [0, 0.1) is 56.7 Å². The Bertz CT molecular complexity index is 1700. The maximum absolute atomic E-state index is 12.8. The van der Waals surface area contributed by atoms with Gasteiger partial charge in [0.05, 0.1) is 12.0 Å². The molecule has 6 aliphatic carbocycles. The summed E-state index contributed by atoms with van der Waals surface area (Å²) in [6.07, 6.45) is 25.2. The van der Waals surface area contributed by atoms with Gasteiger partial charge in [0, 0.05) is 30.9 Å². The molecule has 56 heavy (non-hydrogen) atoms. The van der Waals surface area contributed by atoms with Crippen LogP contribution in [0.4, 0.5) is 0 Å². The Morgan fingerprint density at radius 1 is 0.929 bits per heavy atom. The Labute approximate surface area is 339 Å². The SMILES string of the molecule is C=C(C)[C@@H]1CC[C@]2(NCCN3CCCCC3)CC[C@]3(C)[C@H](CC[C@@H]4[C@@]5(C)CC=C(C6=CCC(CCOc7ccccn7)(C(=O)O)CC6)C(C)(C)[C@@H]5CC[C@]43C)[C@@H]12. The third kappa shape index (κ3) is 6.49. The molecular weight excluding hydrogens is 691 g/mol. The van der Waals surface area contributed by atoms with Gasteiger partial charge in [-0.05, 0) is 185 Å². The number of likely N-dealkylation sites (tertiary alicyclic amines) is 1. The fourth-order valence-electron chi connectivity index (χ4n) is 15.7. The number of allylic oxidation sites excluding steroid dienone is 5. The molecular formula is C50H75N3O3. The van der Waals surface area contributed by atoms with E-state index in [2.05, 4.69) is 75.5 Å². The highest BCUT2D eigenvalue weighted by molar-refractivity contribution is 5.75. The van der Waals surface area contributed by atoms with Gasteiger partial charge in [-0.25, -0.2) is 4.98 Å². The van der Waals surface area contributed by atoms with E-state index in [1.165, 1.54) is 107 Å². The maximum atomic E-state index is 12.8. The summed E-state index contributed by atoms with van der Waals surface area (Å²) in [5.74, 6) is 3.31. The molecule has 1 aromatic rings. The van der Waals surface area contributed by atoms with E-state index in [0.717, 1.165) is 31.2 Å². The molecule has 308 valence electrons. The van der Waals surface area contributed by atoms with Crippen LogP contribution in [-0.4, -0.2) is 59.3 Å². The Morgan fingerprint density at radius 2 is 1.73 bits per heavy atom. The summed E-state index contributed by atoms with van der Waals surface area (Å²) in [5.41, 5.74) is 4.84. The number of fused-ring (bicyclic) bond motifs is 7. The second-order valence-electron chi connectivity index (χ2n) is 21.5. The third-order valence-corrected chi connectivity index (χ3v) is 18.9. The number of piperidine rings is 1. The number of carbonyl (C=O) groups is 1. The lowest BCUT2D eigenvalue weighted by Crippen LogP contribution is -2.68. The monoisotopic (exact) mass is 766 g/mol. The largest absolute Gasteiger partial charge is 0.481 e. The average Bonchev–Trinajstić information content (AvgIpc) is 3.56. The minimum absolute atomic E-state index is 0.0553. The first-order chi connectivity index (χ1) is 26.7. The number of aromatic nitrogens is 1. The molecule has 1 saturated heterocycles. The molecule has 7 aliphatic rings. The van der Waals surface area contributed by atoms with Crippen LogP contribution in [0.1, 0.15) is 144 Å². The van der Waals surface area contributed by atoms with Crippen LogP contribution >= 0.6 is 0 Å². The number of ether oxygens (including phenoxy) is 1. The zero-order valence-corrected chi connectivity index (χ0v) is 36.1. The van der Waals surface area contributed by atoms with Crippen LogP contribution in [0.15, 0.2) is 59.8 Å². The molecule has 4 saturated carbocycles. The smallest absolute Gasteiger partial charge is 0.310 e. The lowest BCUT2D eigenvalue weighted by atomic mass is 9.33. The Hall–Kier alpha value is -2.44. The highest BCUT2D eigenvalue weighted by Crippen LogP contribution is 2.76. The lowest BCUT2D eigenvalue weighted by Gasteiger charge is -2.72. The zero-order chi connectivity index (χ0) is 39.6. The minimum atomic E-state index is -0.782. The van der Waals surface area contributed by atoms with E-state index in [9.17, 15) is 9.90 Å². The van der Waals surface area contributed by atoms with Crippen molar-refractivity contribution in [1.82, 2.24) is 15.2 Å². The summed E-state index contributed by atoms with van der Waals surface area (Å²) in [6, 6.07) is 5.60. The van der Waals surface area contributed by atoms with Crippen molar-refractivity contribution in [3.63, 3.8) is 0 Å². The molecule has 1 unspecified atom stereocenters. The number of nitrogens with zero attached hydrogens (tertiary/aromatic N) is 2. The summed E-state index contributed by atoms with van der Waals surface area (Å²) >= 11 is 0. The Morgan fingerprint density at radius 3 is 2.43 bits per heavy atom. The van der Waals surface area contributed by atoms with Gasteiger partial charge in [0.15, 0.2) is 0 Å². The Balaban J connectivity index is 1.00. The third-order valence-electron chi connectivity index (χ3n) is 18.9. The fourth-order valence-corrected chi connectivity index (χ4v) is 15.7. The van der Waals surface area contributed by atoms with E-state index in [-0.39, 0.29) is 16.4 Å². The van der Waals surface area contributed by atoms with Gasteiger partial charge in [0.1, 0.15) is 0 Å². The second kappa shape index (κ2) is 15.0. The average molecular weight is 766 g/mol. The molecule has 10 atom stereocenters. The topological polar surface area (TPSA) is 74.7 Å². The number of rotatable bonds is 11. The first-order valence-electron chi connectivity index (χ1n) is 23.0. The van der Waals surface area contributed by atoms with E-state index in [4.69, 9.17) is 4.74 Å². The molecule has 2 N–H and O–H groups in total. The molecule has 1 aromatic heterocycles. The van der Waals surface area contributed by atoms with Crippen molar-refractivity contribution >= 4 is 5.97 Å². The van der Waals surface area contributed by atoms with E-state index in [0.29, 0.717) is 60.3 Å². The van der Waals surface area contributed by atoms with Crippen molar-refractivity contribution in [2.75, 3.05) is 32.8 Å². The first kappa shape index (κ1) is 40.3. The van der Waals surface area contributed by atoms with Crippen molar-refractivity contribution < 1.29 is 14.6 Å². The van der Waals surface area contributed by atoms with E-state index in [1.807, 2.05) is 18.2 Å². The summed E-state index contributed by atoms with van der Waals surface area (Å²) in [7, 11) is 0. The molecule has 6 nitrogen and oxygen atoms in total. The van der Waals surface area contributed by atoms with Gasteiger partial charge in [-0.1, -0.05) is 71.4 Å². The number of hydrogen-bond acceptors (Lipinski definition) is 5. The molecule has 1 aliphatic heterocycles. The zero-order valence-electron chi connectivity index (χ0n) is 36.1. The fraction of sp³-hybridized carbons (Fsp3) is 0.760. The maximum Gasteiger partial charge on any atom is 0.310 e. The number of carboxylic acid groups (broad SMARTS) is 1. The van der Waals surface area contributed by atoms with Crippen molar-refractivity contribution in [2.24, 2.45) is 56.7 Å². The number of carboxylic acids is 1. The van der Waals surface area contributed by atoms with Crippen LogP contribution in [0.2, 0.25) is 0 Å². The second-order valence-corrected chi connectivity index (χ2v) is 21.5. The lowest BCUT2D eigenvalue weighted by molar-refractivity contribution is -0.221. The molecule has 0 aromatic carbocycles. The molecule has 5 fully saturated rings. The van der Waals surface area contributed by atoms with Gasteiger partial charge in [-0.3, -0.25) is 4.79 Å². The van der Waals surface area contributed by atoms with Gasteiger partial charge in [0.2, 0.25) is 5.88 Å². The van der Waals surface area contributed by atoms with Crippen LogP contribution in [0.3, 0.4) is 0 Å². The van der Waals surface area contributed by atoms with Crippen molar-refractivity contribution in [2.45, 2.75) is 150 Å².